The lowest BCUT2D eigenvalue weighted by Crippen LogP contribution is -2.42. The summed E-state index contributed by atoms with van der Waals surface area (Å²) in [6.07, 6.45) is 0.994. The normalized spacial score (nSPS) is 20.6. The van der Waals surface area contributed by atoms with Crippen LogP contribution in [0.25, 0.3) is 0 Å². The van der Waals surface area contributed by atoms with Gasteiger partial charge < -0.3 is 5.73 Å². The zero-order valence-electron chi connectivity index (χ0n) is 18.3. The Bertz CT molecular complexity index is 1200. The third kappa shape index (κ3) is 3.53. The molecule has 4 rings (SSSR count). The number of ketones is 1. The molecule has 1 aliphatic carbocycles. The largest absolute Gasteiger partial charge is 0.384 e. The number of nitrogens with two attached hydrogens (primary N) is 1. The molecule has 0 aromatic heterocycles. The average molecular weight is 416 g/mol. The van der Waals surface area contributed by atoms with Crippen LogP contribution >= 0.6 is 0 Å². The highest BCUT2D eigenvalue weighted by Gasteiger charge is 2.45. The lowest BCUT2D eigenvalue weighted by Gasteiger charge is -2.44. The second kappa shape index (κ2) is 7.39. The summed E-state index contributed by atoms with van der Waals surface area (Å²) in [5, 5.41) is 10.1. The van der Waals surface area contributed by atoms with E-state index >= 15 is 0 Å². The number of nitriles is 1. The number of carbonyl (C=O) groups excluding carboxylic acids is 1. The van der Waals surface area contributed by atoms with Crippen molar-refractivity contribution in [2.45, 2.75) is 46.5 Å². The van der Waals surface area contributed by atoms with Gasteiger partial charge in [0.15, 0.2) is 5.78 Å². The van der Waals surface area contributed by atoms with E-state index in [1.807, 2.05) is 45.9 Å². The molecule has 1 aliphatic heterocycles. The topological polar surface area (TPSA) is 70.1 Å². The van der Waals surface area contributed by atoms with Gasteiger partial charge in [-0.25, -0.2) is 4.39 Å². The molecule has 4 nitrogen and oxygen atoms in total. The fraction of sp³-hybridized carbons (Fsp3) is 0.308. The van der Waals surface area contributed by atoms with Gasteiger partial charge in [-0.15, -0.1) is 0 Å². The number of hydrogen-bond donors (Lipinski definition) is 1. The van der Waals surface area contributed by atoms with Crippen molar-refractivity contribution in [1.29, 1.82) is 5.26 Å². The van der Waals surface area contributed by atoms with E-state index in [1.54, 1.807) is 17.0 Å². The van der Waals surface area contributed by atoms with Gasteiger partial charge in [0.2, 0.25) is 0 Å². The van der Waals surface area contributed by atoms with Crippen LogP contribution in [0, 0.1) is 36.4 Å². The molecule has 0 bridgehead atoms. The summed E-state index contributed by atoms with van der Waals surface area (Å²) in [5.74, 6) is -0.653. The van der Waals surface area contributed by atoms with Crippen LogP contribution in [0.5, 0.6) is 0 Å². The first kappa shape index (κ1) is 20.9. The van der Waals surface area contributed by atoms with Gasteiger partial charge in [0, 0.05) is 17.7 Å². The molecule has 2 aliphatic rings. The van der Waals surface area contributed by atoms with Gasteiger partial charge >= 0.3 is 0 Å². The standard InChI is InChI=1S/C26H26FN3O/c1-15-8-9-16(2)19(10-15)23-20(14-28)25(29)30(18-7-5-6-17(27)11-18)21-12-26(3,4)13-22(31)24(21)23/h5-11,23H,12-13,29H2,1-4H3. The average Bonchev–Trinajstić information content (AvgIpc) is 2.68. The van der Waals surface area contributed by atoms with Crippen LogP contribution < -0.4 is 10.6 Å². The molecular weight excluding hydrogens is 389 g/mol. The third-order valence-electron chi connectivity index (χ3n) is 6.19. The predicted octanol–water partition coefficient (Wildman–Crippen LogP) is 5.38. The summed E-state index contributed by atoms with van der Waals surface area (Å²) >= 11 is 0. The van der Waals surface area contributed by atoms with Crippen molar-refractivity contribution in [3.63, 3.8) is 0 Å². The molecule has 0 saturated heterocycles. The van der Waals surface area contributed by atoms with Crippen LogP contribution in [0.15, 0.2) is 65.1 Å². The highest BCUT2D eigenvalue weighted by atomic mass is 19.1. The maximum absolute atomic E-state index is 14.1. The second-order valence-electron chi connectivity index (χ2n) is 9.32. The molecule has 0 fully saturated rings. The van der Waals surface area contributed by atoms with Crippen molar-refractivity contribution in [2.75, 3.05) is 4.90 Å². The number of hydrogen-bond acceptors (Lipinski definition) is 4. The van der Waals surface area contributed by atoms with Crippen molar-refractivity contribution in [3.05, 3.63) is 87.6 Å². The number of allylic oxidation sites excluding steroid dienone is 3. The van der Waals surface area contributed by atoms with Gasteiger partial charge in [-0.3, -0.25) is 9.69 Å². The van der Waals surface area contributed by atoms with Crippen molar-refractivity contribution >= 4 is 11.5 Å². The van der Waals surface area contributed by atoms with Crippen LogP contribution in [0.2, 0.25) is 0 Å². The minimum absolute atomic E-state index is 0.0128. The smallest absolute Gasteiger partial charge is 0.162 e. The number of rotatable bonds is 2. The lowest BCUT2D eigenvalue weighted by molar-refractivity contribution is -0.118. The van der Waals surface area contributed by atoms with Crippen molar-refractivity contribution in [2.24, 2.45) is 11.1 Å². The summed E-state index contributed by atoms with van der Waals surface area (Å²) in [7, 11) is 0. The van der Waals surface area contributed by atoms with Crippen molar-refractivity contribution in [1.82, 2.24) is 0 Å². The van der Waals surface area contributed by atoms with Crippen LogP contribution in [0.4, 0.5) is 10.1 Å². The molecule has 1 unspecified atom stereocenters. The lowest BCUT2D eigenvalue weighted by atomic mass is 9.68. The number of anilines is 1. The molecule has 1 heterocycles. The Morgan fingerprint density at radius 3 is 2.58 bits per heavy atom. The molecule has 2 N–H and O–H groups in total. The van der Waals surface area contributed by atoms with Crippen LogP contribution in [-0.2, 0) is 4.79 Å². The summed E-state index contributed by atoms with van der Waals surface area (Å²) < 4.78 is 14.1. The van der Waals surface area contributed by atoms with Gasteiger partial charge in [-0.1, -0.05) is 43.7 Å². The molecule has 1 atom stereocenters. The predicted molar refractivity (Wildman–Crippen MR) is 119 cm³/mol. The van der Waals surface area contributed by atoms with E-state index < -0.39 is 11.7 Å². The van der Waals surface area contributed by atoms with E-state index in [0.717, 1.165) is 22.4 Å². The molecule has 2 aromatic rings. The third-order valence-corrected chi connectivity index (χ3v) is 6.19. The Hall–Kier alpha value is -3.39. The van der Waals surface area contributed by atoms with Gasteiger partial charge in [0.1, 0.15) is 11.6 Å². The zero-order valence-corrected chi connectivity index (χ0v) is 18.3. The molecule has 31 heavy (non-hydrogen) atoms. The Kier molecular flexibility index (Phi) is 4.97. The fourth-order valence-electron chi connectivity index (χ4n) is 4.80. The zero-order chi connectivity index (χ0) is 22.5. The van der Waals surface area contributed by atoms with Gasteiger partial charge in [0.05, 0.1) is 23.2 Å². The first-order chi connectivity index (χ1) is 14.6. The molecule has 2 aromatic carbocycles. The molecule has 0 spiro atoms. The Morgan fingerprint density at radius 2 is 1.90 bits per heavy atom. The Balaban J connectivity index is 2.04. The molecule has 5 heteroatoms. The van der Waals surface area contributed by atoms with Gasteiger partial charge in [0.25, 0.3) is 0 Å². The SMILES string of the molecule is Cc1ccc(C)c(C2C(C#N)=C(N)N(c3cccc(F)c3)C3=C2C(=O)CC(C)(C)C3)c1. The molecule has 0 saturated carbocycles. The first-order valence-electron chi connectivity index (χ1n) is 10.4. The van der Waals surface area contributed by atoms with E-state index in [1.165, 1.54) is 12.1 Å². The van der Waals surface area contributed by atoms with E-state index in [2.05, 4.69) is 6.07 Å². The maximum Gasteiger partial charge on any atom is 0.162 e. The monoisotopic (exact) mass is 415 g/mol. The molecule has 0 radical (unpaired) electrons. The summed E-state index contributed by atoms with van der Waals surface area (Å²) in [6.45, 7) is 8.07. The maximum atomic E-state index is 14.1. The first-order valence-corrected chi connectivity index (χ1v) is 10.4. The second-order valence-corrected chi connectivity index (χ2v) is 9.32. The number of nitrogens with zero attached hydrogens (tertiary/aromatic N) is 2. The van der Waals surface area contributed by atoms with Crippen molar-refractivity contribution in [3.8, 4) is 6.07 Å². The minimum Gasteiger partial charge on any atom is -0.384 e. The Morgan fingerprint density at radius 1 is 1.16 bits per heavy atom. The summed E-state index contributed by atoms with van der Waals surface area (Å²) in [5.41, 5.74) is 11.5. The minimum atomic E-state index is -0.520. The van der Waals surface area contributed by atoms with Crippen LogP contribution in [0.1, 0.15) is 49.3 Å². The van der Waals surface area contributed by atoms with Crippen molar-refractivity contribution < 1.29 is 9.18 Å². The van der Waals surface area contributed by atoms with E-state index in [0.29, 0.717) is 29.7 Å². The van der Waals surface area contributed by atoms with Crippen LogP contribution in [0.3, 0.4) is 0 Å². The summed E-state index contributed by atoms with van der Waals surface area (Å²) in [4.78, 5) is 15.2. The van der Waals surface area contributed by atoms with Gasteiger partial charge in [-0.2, -0.15) is 5.26 Å². The van der Waals surface area contributed by atoms with E-state index in [-0.39, 0.29) is 17.0 Å². The Labute approximate surface area is 182 Å². The number of Topliss-reactive ketones (excluding diaryl/α,β-unsaturated/α-hetero) is 1. The number of aryl methyl sites for hydroxylation is 2. The molecule has 0 amide bonds. The highest BCUT2D eigenvalue weighted by molar-refractivity contribution is 6.01. The fourth-order valence-corrected chi connectivity index (χ4v) is 4.80. The number of benzene rings is 2. The van der Waals surface area contributed by atoms with Gasteiger partial charge in [-0.05, 0) is 55.0 Å². The number of halogens is 1. The molecular formula is C26H26FN3O. The van der Waals surface area contributed by atoms with Crippen LogP contribution in [-0.4, -0.2) is 5.78 Å². The summed E-state index contributed by atoms with van der Waals surface area (Å²) in [6, 6.07) is 14.4. The van der Waals surface area contributed by atoms with E-state index in [4.69, 9.17) is 5.73 Å². The van der Waals surface area contributed by atoms with E-state index in [9.17, 15) is 14.4 Å². The number of carbonyl (C=O) groups is 1. The highest BCUT2D eigenvalue weighted by Crippen LogP contribution is 2.50. The molecule has 158 valence electrons. The quantitative estimate of drug-likeness (QED) is 0.715.